The third-order valence-electron chi connectivity index (χ3n) is 5.30. The van der Waals surface area contributed by atoms with Gasteiger partial charge >= 0.3 is 0 Å². The molecule has 3 aromatic carbocycles. The largest absolute Gasteiger partial charge is 0.322 e. The predicted molar refractivity (Wildman–Crippen MR) is 120 cm³/mol. The SMILES string of the molecule is Cc1cc(Cl)ccc1NC(=O)c1ccc2c(c1)C[C@H](C)N2S(=O)(=O)c1ccc(F)cc1. The molecule has 0 spiro atoms. The zero-order valence-electron chi connectivity index (χ0n) is 16.9. The number of nitrogens with one attached hydrogen (secondary N) is 1. The summed E-state index contributed by atoms with van der Waals surface area (Å²) in [5, 5.41) is 3.45. The number of carbonyl (C=O) groups excluding carboxylic acids is 1. The van der Waals surface area contributed by atoms with Gasteiger partial charge in [-0.3, -0.25) is 9.10 Å². The van der Waals surface area contributed by atoms with Crippen LogP contribution in [0.2, 0.25) is 5.02 Å². The first-order valence-electron chi connectivity index (χ1n) is 9.67. The highest BCUT2D eigenvalue weighted by atomic mass is 35.5. The molecule has 1 amide bonds. The number of benzene rings is 3. The van der Waals surface area contributed by atoms with Gasteiger partial charge in [-0.25, -0.2) is 12.8 Å². The van der Waals surface area contributed by atoms with Crippen LogP contribution < -0.4 is 9.62 Å². The van der Waals surface area contributed by atoms with Gasteiger partial charge < -0.3 is 5.32 Å². The molecule has 0 saturated carbocycles. The summed E-state index contributed by atoms with van der Waals surface area (Å²) in [6.45, 7) is 3.65. The monoisotopic (exact) mass is 458 g/mol. The van der Waals surface area contributed by atoms with E-state index in [1.54, 1.807) is 43.3 Å². The summed E-state index contributed by atoms with van der Waals surface area (Å²) in [5.41, 5.74) is 3.21. The lowest BCUT2D eigenvalue weighted by Gasteiger charge is -2.24. The standard InChI is InChI=1S/C23H20ClFN2O3S/c1-14-11-18(24)4-9-21(14)26-23(28)16-3-10-22-17(13-16)12-15(2)27(22)31(29,30)20-7-5-19(25)6-8-20/h3-11,13,15H,12H2,1-2H3,(H,26,28)/t15-/m0/s1. The second kappa shape index (κ2) is 7.98. The average Bonchev–Trinajstić information content (AvgIpc) is 3.06. The quantitative estimate of drug-likeness (QED) is 0.585. The first kappa shape index (κ1) is 21.3. The molecular formula is C23H20ClFN2O3S. The molecule has 4 rings (SSSR count). The number of amides is 1. The predicted octanol–water partition coefficient (Wildman–Crippen LogP) is 5.18. The Morgan fingerprint density at radius 3 is 2.48 bits per heavy atom. The maximum atomic E-state index is 13.2. The molecule has 160 valence electrons. The van der Waals surface area contributed by atoms with Crippen molar-refractivity contribution in [3.8, 4) is 0 Å². The fraction of sp³-hybridized carbons (Fsp3) is 0.174. The van der Waals surface area contributed by atoms with Crippen LogP contribution in [0, 0.1) is 12.7 Å². The summed E-state index contributed by atoms with van der Waals surface area (Å²) < 4.78 is 40.9. The summed E-state index contributed by atoms with van der Waals surface area (Å²) in [5.74, 6) is -0.791. The Kier molecular flexibility index (Phi) is 5.49. The minimum atomic E-state index is -3.86. The number of hydrogen-bond acceptors (Lipinski definition) is 3. The number of rotatable bonds is 4. The molecule has 1 heterocycles. The van der Waals surface area contributed by atoms with E-state index in [2.05, 4.69) is 5.32 Å². The van der Waals surface area contributed by atoms with Crippen LogP contribution in [-0.4, -0.2) is 20.4 Å². The van der Waals surface area contributed by atoms with Gasteiger partial charge in [0.05, 0.1) is 10.6 Å². The second-order valence-corrected chi connectivity index (χ2v) is 9.82. The van der Waals surface area contributed by atoms with E-state index in [1.807, 2.05) is 6.92 Å². The van der Waals surface area contributed by atoms with E-state index in [9.17, 15) is 17.6 Å². The van der Waals surface area contributed by atoms with Crippen LogP contribution in [0.4, 0.5) is 15.8 Å². The molecule has 0 fully saturated rings. The van der Waals surface area contributed by atoms with E-state index < -0.39 is 15.8 Å². The number of anilines is 2. The van der Waals surface area contributed by atoms with Gasteiger partial charge in [0.2, 0.25) is 0 Å². The summed E-state index contributed by atoms with van der Waals surface area (Å²) in [4.78, 5) is 12.8. The zero-order valence-corrected chi connectivity index (χ0v) is 18.5. The topological polar surface area (TPSA) is 66.5 Å². The van der Waals surface area contributed by atoms with Crippen LogP contribution in [0.1, 0.15) is 28.4 Å². The minimum absolute atomic E-state index is 0.0219. The van der Waals surface area contributed by atoms with Crippen LogP contribution in [0.15, 0.2) is 65.6 Å². The van der Waals surface area contributed by atoms with E-state index in [1.165, 1.54) is 16.4 Å². The van der Waals surface area contributed by atoms with E-state index in [0.717, 1.165) is 23.3 Å². The number of aryl methyl sites for hydroxylation is 1. The first-order chi connectivity index (χ1) is 14.7. The summed E-state index contributed by atoms with van der Waals surface area (Å²) in [6.07, 6.45) is 0.469. The lowest BCUT2D eigenvalue weighted by atomic mass is 10.1. The Labute approximate surface area is 185 Å². The molecule has 0 aliphatic carbocycles. The third kappa shape index (κ3) is 4.03. The molecular weight excluding hydrogens is 439 g/mol. The van der Waals surface area contributed by atoms with Gasteiger partial charge in [-0.05, 0) is 92.1 Å². The molecule has 1 aliphatic rings. The van der Waals surface area contributed by atoms with Crippen molar-refractivity contribution < 1.29 is 17.6 Å². The lowest BCUT2D eigenvalue weighted by molar-refractivity contribution is 0.102. The van der Waals surface area contributed by atoms with Gasteiger partial charge in [0.25, 0.3) is 15.9 Å². The zero-order chi connectivity index (χ0) is 22.3. The number of sulfonamides is 1. The van der Waals surface area contributed by atoms with Crippen molar-refractivity contribution in [3.05, 3.63) is 88.2 Å². The van der Waals surface area contributed by atoms with Crippen molar-refractivity contribution in [2.45, 2.75) is 31.2 Å². The highest BCUT2D eigenvalue weighted by molar-refractivity contribution is 7.92. The number of hydrogen-bond donors (Lipinski definition) is 1. The van der Waals surface area contributed by atoms with Crippen molar-refractivity contribution in [2.75, 3.05) is 9.62 Å². The van der Waals surface area contributed by atoms with Gasteiger partial charge in [-0.15, -0.1) is 0 Å². The van der Waals surface area contributed by atoms with E-state index >= 15 is 0 Å². The summed E-state index contributed by atoms with van der Waals surface area (Å²) in [7, 11) is -3.86. The summed E-state index contributed by atoms with van der Waals surface area (Å²) in [6, 6.07) is 14.6. The lowest BCUT2D eigenvalue weighted by Crippen LogP contribution is -2.35. The van der Waals surface area contributed by atoms with Crippen LogP contribution >= 0.6 is 11.6 Å². The second-order valence-electron chi connectivity index (χ2n) is 7.56. The fourth-order valence-electron chi connectivity index (χ4n) is 3.79. The van der Waals surface area contributed by atoms with Crippen LogP contribution in [-0.2, 0) is 16.4 Å². The molecule has 1 aliphatic heterocycles. The molecule has 31 heavy (non-hydrogen) atoms. The summed E-state index contributed by atoms with van der Waals surface area (Å²) >= 11 is 5.97. The molecule has 1 atom stereocenters. The van der Waals surface area contributed by atoms with E-state index in [0.29, 0.717) is 28.4 Å². The molecule has 8 heteroatoms. The van der Waals surface area contributed by atoms with Crippen molar-refractivity contribution in [3.63, 3.8) is 0 Å². The fourth-order valence-corrected chi connectivity index (χ4v) is 5.71. The van der Waals surface area contributed by atoms with Gasteiger partial charge in [0.15, 0.2) is 0 Å². The highest BCUT2D eigenvalue weighted by Crippen LogP contribution is 2.37. The average molecular weight is 459 g/mol. The van der Waals surface area contributed by atoms with Crippen molar-refractivity contribution in [1.29, 1.82) is 0 Å². The van der Waals surface area contributed by atoms with Crippen molar-refractivity contribution >= 4 is 38.9 Å². The molecule has 0 aromatic heterocycles. The Bertz CT molecular complexity index is 1280. The Morgan fingerprint density at radius 1 is 1.10 bits per heavy atom. The molecule has 5 nitrogen and oxygen atoms in total. The Morgan fingerprint density at radius 2 is 1.81 bits per heavy atom. The highest BCUT2D eigenvalue weighted by Gasteiger charge is 2.36. The molecule has 0 radical (unpaired) electrons. The number of halogens is 2. The van der Waals surface area contributed by atoms with E-state index in [-0.39, 0.29) is 16.8 Å². The third-order valence-corrected chi connectivity index (χ3v) is 7.48. The van der Waals surface area contributed by atoms with Crippen molar-refractivity contribution in [1.82, 2.24) is 0 Å². The van der Waals surface area contributed by atoms with Gasteiger partial charge in [0.1, 0.15) is 5.82 Å². The van der Waals surface area contributed by atoms with Gasteiger partial charge in [0, 0.05) is 22.3 Å². The maximum absolute atomic E-state index is 13.2. The molecule has 0 unspecified atom stereocenters. The van der Waals surface area contributed by atoms with Crippen LogP contribution in [0.3, 0.4) is 0 Å². The number of nitrogens with zero attached hydrogens (tertiary/aromatic N) is 1. The normalized spacial score (nSPS) is 15.6. The molecule has 0 saturated heterocycles. The maximum Gasteiger partial charge on any atom is 0.264 e. The van der Waals surface area contributed by atoms with Gasteiger partial charge in [-0.1, -0.05) is 11.6 Å². The molecule has 3 aromatic rings. The first-order valence-corrected chi connectivity index (χ1v) is 11.5. The Balaban J connectivity index is 1.63. The van der Waals surface area contributed by atoms with Crippen LogP contribution in [0.5, 0.6) is 0 Å². The number of carbonyl (C=O) groups is 1. The minimum Gasteiger partial charge on any atom is -0.322 e. The van der Waals surface area contributed by atoms with Crippen molar-refractivity contribution in [2.24, 2.45) is 0 Å². The van der Waals surface area contributed by atoms with Gasteiger partial charge in [-0.2, -0.15) is 0 Å². The molecule has 1 N–H and O–H groups in total. The smallest absolute Gasteiger partial charge is 0.264 e. The van der Waals surface area contributed by atoms with Crippen LogP contribution in [0.25, 0.3) is 0 Å². The number of fused-ring (bicyclic) bond motifs is 1. The Hall–Kier alpha value is -2.90. The molecule has 0 bridgehead atoms. The van der Waals surface area contributed by atoms with E-state index in [4.69, 9.17) is 11.6 Å².